The highest BCUT2D eigenvalue weighted by atomic mass is 32.1. The van der Waals surface area contributed by atoms with Gasteiger partial charge in [-0.25, -0.2) is 0 Å². The Hall–Kier alpha value is -0.910. The predicted octanol–water partition coefficient (Wildman–Crippen LogP) is 2.03. The average Bonchev–Trinajstić information content (AvgIpc) is 3.16. The summed E-state index contributed by atoms with van der Waals surface area (Å²) in [5.41, 5.74) is 1.15. The number of carbonyl (C=O) groups is 1. The summed E-state index contributed by atoms with van der Waals surface area (Å²) in [5.74, 6) is 0.796. The van der Waals surface area contributed by atoms with Crippen molar-refractivity contribution in [2.75, 3.05) is 39.4 Å². The van der Waals surface area contributed by atoms with E-state index >= 15 is 0 Å². The van der Waals surface area contributed by atoms with E-state index in [4.69, 9.17) is 4.74 Å². The van der Waals surface area contributed by atoms with Crippen LogP contribution in [0.25, 0.3) is 0 Å². The van der Waals surface area contributed by atoms with Gasteiger partial charge in [0.05, 0.1) is 19.1 Å². The van der Waals surface area contributed by atoms with Gasteiger partial charge in [-0.3, -0.25) is 9.69 Å². The van der Waals surface area contributed by atoms with E-state index in [0.29, 0.717) is 12.0 Å². The van der Waals surface area contributed by atoms with Crippen LogP contribution in [0.4, 0.5) is 0 Å². The summed E-state index contributed by atoms with van der Waals surface area (Å²) in [6.07, 6.45) is 0. The zero-order valence-corrected chi connectivity index (χ0v) is 13.6. The number of ether oxygens (including phenoxy) is 1. The molecule has 3 rings (SSSR count). The highest BCUT2D eigenvalue weighted by Crippen LogP contribution is 2.27. The summed E-state index contributed by atoms with van der Waals surface area (Å²) in [6.45, 7) is 9.68. The minimum atomic E-state index is -0.0214. The van der Waals surface area contributed by atoms with E-state index < -0.39 is 0 Å². The minimum Gasteiger partial charge on any atom is -0.379 e. The van der Waals surface area contributed by atoms with Crippen LogP contribution >= 0.6 is 11.3 Å². The topological polar surface area (TPSA) is 32.8 Å². The first kappa shape index (κ1) is 15.0. The Balaban J connectivity index is 1.63. The van der Waals surface area contributed by atoms with Gasteiger partial charge in [0.1, 0.15) is 0 Å². The number of morpholine rings is 1. The van der Waals surface area contributed by atoms with Gasteiger partial charge in [-0.1, -0.05) is 6.92 Å². The van der Waals surface area contributed by atoms with Crippen LogP contribution < -0.4 is 0 Å². The average molecular weight is 308 g/mol. The SMILES string of the molecule is C[C@H](C(=O)N1C[C@@H](C)[C@H](N2CCOCC2)C1)c1ccsc1. The summed E-state index contributed by atoms with van der Waals surface area (Å²) in [7, 11) is 0. The highest BCUT2D eigenvalue weighted by molar-refractivity contribution is 7.08. The minimum absolute atomic E-state index is 0.0214. The lowest BCUT2D eigenvalue weighted by atomic mass is 10.0. The van der Waals surface area contributed by atoms with Crippen molar-refractivity contribution in [2.45, 2.75) is 25.8 Å². The molecular formula is C16H24N2O2S. The Labute approximate surface area is 130 Å². The molecule has 0 unspecified atom stereocenters. The summed E-state index contributed by atoms with van der Waals surface area (Å²) in [6, 6.07) is 2.55. The lowest BCUT2D eigenvalue weighted by Gasteiger charge is -2.34. The van der Waals surface area contributed by atoms with Crippen molar-refractivity contribution >= 4 is 17.2 Å². The van der Waals surface area contributed by atoms with Gasteiger partial charge in [0.25, 0.3) is 0 Å². The number of amides is 1. The molecule has 3 atom stereocenters. The molecule has 0 aliphatic carbocycles. The van der Waals surface area contributed by atoms with E-state index in [-0.39, 0.29) is 11.8 Å². The molecule has 2 saturated heterocycles. The molecule has 1 aromatic heterocycles. The molecule has 0 bridgehead atoms. The molecule has 2 aliphatic rings. The van der Waals surface area contributed by atoms with Gasteiger partial charge in [0.15, 0.2) is 0 Å². The molecule has 0 radical (unpaired) electrons. The van der Waals surface area contributed by atoms with Gasteiger partial charge in [-0.15, -0.1) is 0 Å². The molecule has 3 heterocycles. The van der Waals surface area contributed by atoms with Gasteiger partial charge in [-0.2, -0.15) is 11.3 Å². The fourth-order valence-electron chi connectivity index (χ4n) is 3.45. The maximum atomic E-state index is 12.7. The maximum absolute atomic E-state index is 12.7. The number of likely N-dealkylation sites (tertiary alicyclic amines) is 1. The second-order valence-electron chi connectivity index (χ2n) is 6.21. The first-order valence-electron chi connectivity index (χ1n) is 7.79. The van der Waals surface area contributed by atoms with E-state index in [1.54, 1.807) is 11.3 Å². The van der Waals surface area contributed by atoms with E-state index in [9.17, 15) is 4.79 Å². The second-order valence-corrected chi connectivity index (χ2v) is 6.99. The molecule has 5 heteroatoms. The molecule has 1 amide bonds. The van der Waals surface area contributed by atoms with E-state index in [2.05, 4.69) is 28.2 Å². The fourth-order valence-corrected chi connectivity index (χ4v) is 4.21. The monoisotopic (exact) mass is 308 g/mol. The van der Waals surface area contributed by atoms with Crippen molar-refractivity contribution in [1.82, 2.24) is 9.80 Å². The fraction of sp³-hybridized carbons (Fsp3) is 0.688. The summed E-state index contributed by atoms with van der Waals surface area (Å²) in [4.78, 5) is 17.3. The molecule has 21 heavy (non-hydrogen) atoms. The summed E-state index contributed by atoms with van der Waals surface area (Å²) < 4.78 is 5.43. The van der Waals surface area contributed by atoms with Gasteiger partial charge in [0.2, 0.25) is 5.91 Å². The van der Waals surface area contributed by atoms with Crippen LogP contribution in [0.15, 0.2) is 16.8 Å². The third-order valence-electron chi connectivity index (χ3n) is 4.81. The number of nitrogens with zero attached hydrogens (tertiary/aromatic N) is 2. The normalized spacial score (nSPS) is 28.8. The molecule has 0 spiro atoms. The van der Waals surface area contributed by atoms with Gasteiger partial charge in [0, 0.05) is 32.2 Å². The maximum Gasteiger partial charge on any atom is 0.229 e. The van der Waals surface area contributed by atoms with E-state index in [0.717, 1.165) is 45.0 Å². The predicted molar refractivity (Wildman–Crippen MR) is 84.7 cm³/mol. The van der Waals surface area contributed by atoms with Crippen LogP contribution in [0.1, 0.15) is 25.3 Å². The first-order valence-corrected chi connectivity index (χ1v) is 8.73. The molecule has 0 N–H and O–H groups in total. The summed E-state index contributed by atoms with van der Waals surface area (Å²) >= 11 is 1.66. The van der Waals surface area contributed by atoms with Crippen molar-refractivity contribution in [3.8, 4) is 0 Å². The molecule has 2 fully saturated rings. The quantitative estimate of drug-likeness (QED) is 0.856. The molecule has 2 aliphatic heterocycles. The Morgan fingerprint density at radius 3 is 2.81 bits per heavy atom. The van der Waals surface area contributed by atoms with Crippen molar-refractivity contribution in [3.05, 3.63) is 22.4 Å². The van der Waals surface area contributed by atoms with Crippen LogP contribution in [0, 0.1) is 5.92 Å². The number of thiophene rings is 1. The Morgan fingerprint density at radius 2 is 2.14 bits per heavy atom. The zero-order valence-electron chi connectivity index (χ0n) is 12.8. The Bertz CT molecular complexity index is 471. The molecule has 0 saturated carbocycles. The van der Waals surface area contributed by atoms with Crippen LogP contribution in [0.3, 0.4) is 0 Å². The lowest BCUT2D eigenvalue weighted by Crippen LogP contribution is -2.47. The van der Waals surface area contributed by atoms with Crippen molar-refractivity contribution in [3.63, 3.8) is 0 Å². The van der Waals surface area contributed by atoms with Crippen LogP contribution in [-0.2, 0) is 9.53 Å². The molecule has 1 aromatic rings. The summed E-state index contributed by atoms with van der Waals surface area (Å²) in [5, 5.41) is 4.13. The van der Waals surface area contributed by atoms with E-state index in [1.807, 2.05) is 12.3 Å². The molecule has 4 nitrogen and oxygen atoms in total. The largest absolute Gasteiger partial charge is 0.379 e. The van der Waals surface area contributed by atoms with Crippen molar-refractivity contribution in [1.29, 1.82) is 0 Å². The molecular weight excluding hydrogens is 284 g/mol. The first-order chi connectivity index (χ1) is 10.2. The van der Waals surface area contributed by atoms with Gasteiger partial charge in [-0.05, 0) is 35.2 Å². The van der Waals surface area contributed by atoms with Crippen LogP contribution in [0.2, 0.25) is 0 Å². The Morgan fingerprint density at radius 1 is 1.38 bits per heavy atom. The van der Waals surface area contributed by atoms with Crippen molar-refractivity contribution in [2.24, 2.45) is 5.92 Å². The highest BCUT2D eigenvalue weighted by Gasteiger charge is 2.37. The van der Waals surface area contributed by atoms with Crippen LogP contribution in [-0.4, -0.2) is 61.1 Å². The number of carbonyl (C=O) groups excluding carboxylic acids is 1. The molecule has 116 valence electrons. The molecule has 0 aromatic carbocycles. The second kappa shape index (κ2) is 6.46. The van der Waals surface area contributed by atoms with Gasteiger partial charge < -0.3 is 9.64 Å². The van der Waals surface area contributed by atoms with Crippen molar-refractivity contribution < 1.29 is 9.53 Å². The number of hydrogen-bond donors (Lipinski definition) is 0. The zero-order chi connectivity index (χ0) is 14.8. The van der Waals surface area contributed by atoms with Crippen LogP contribution in [0.5, 0.6) is 0 Å². The standard InChI is InChI=1S/C16H24N2O2S/c1-12-9-18(10-15(12)17-4-6-20-7-5-17)16(19)13(2)14-3-8-21-11-14/h3,8,11-13,15H,4-7,9-10H2,1-2H3/t12-,13+,15-/m1/s1. The third kappa shape index (κ3) is 3.15. The number of hydrogen-bond acceptors (Lipinski definition) is 4. The lowest BCUT2D eigenvalue weighted by molar-refractivity contribution is -0.131. The smallest absolute Gasteiger partial charge is 0.229 e. The van der Waals surface area contributed by atoms with E-state index in [1.165, 1.54) is 0 Å². The number of rotatable bonds is 3. The third-order valence-corrected chi connectivity index (χ3v) is 5.51. The Kier molecular flexibility index (Phi) is 4.62. The van der Waals surface area contributed by atoms with Gasteiger partial charge >= 0.3 is 0 Å².